The number of nitrogens with zero attached hydrogens (tertiary/aromatic N) is 1. The van der Waals surface area contributed by atoms with E-state index in [1.807, 2.05) is 12.1 Å². The Balaban J connectivity index is 0.000000819. The van der Waals surface area contributed by atoms with Crippen LogP contribution in [0, 0.1) is 13.8 Å². The first-order valence-electron chi connectivity index (χ1n) is 15.3. The van der Waals surface area contributed by atoms with Gasteiger partial charge in [-0.25, -0.2) is 0 Å². The maximum Gasteiger partial charge on any atom is 1.00 e. The van der Waals surface area contributed by atoms with Gasteiger partial charge in [0.2, 0.25) is 0 Å². The van der Waals surface area contributed by atoms with Crippen molar-refractivity contribution in [3.05, 3.63) is 83.6 Å². The van der Waals surface area contributed by atoms with Crippen LogP contribution in [-0.2, 0) is 51.7 Å². The molecule has 0 fully saturated rings. The van der Waals surface area contributed by atoms with Gasteiger partial charge >= 0.3 is 86.3 Å². The molecule has 1 N–H and O–H groups in total. The van der Waals surface area contributed by atoms with Gasteiger partial charge in [0.25, 0.3) is 11.8 Å². The van der Waals surface area contributed by atoms with Crippen LogP contribution in [0.15, 0.2) is 36.4 Å². The van der Waals surface area contributed by atoms with Gasteiger partial charge in [0.15, 0.2) is 0 Å². The molecule has 0 aromatic heterocycles. The Morgan fingerprint density at radius 1 is 0.686 bits per heavy atom. The normalized spacial score (nSPS) is 12.7. The first-order chi connectivity index (χ1) is 23.4. The van der Waals surface area contributed by atoms with Crippen LogP contribution < -0.4 is 68.6 Å². The number of carbonyl (C=O) groups excluding carboxylic acids is 2. The summed E-state index contributed by atoms with van der Waals surface area (Å²) >= 11 is 0. The third-order valence-corrected chi connectivity index (χ3v) is 8.20. The van der Waals surface area contributed by atoms with Crippen molar-refractivity contribution < 1.29 is 113 Å². The molecule has 3 aromatic carbocycles. The van der Waals surface area contributed by atoms with E-state index in [0.717, 1.165) is 68.8 Å². The second-order valence-corrected chi connectivity index (χ2v) is 12.0. The SMILES string of the molecule is O=S(=O)=O.O=S(=O)=O.[CH2-]CCOc1ccc2c(c1)CCc1c3c(c4c(c1-2)-c1ccc(OCC[CH2-])cc1CC4)C(=O)N(CCCC(=O)O)C3=O.[Na+].[Na+]. The van der Waals surface area contributed by atoms with Gasteiger partial charge in [0, 0.05) is 13.0 Å². The molecule has 260 valence electrons. The molecule has 0 spiro atoms. The number of amides is 2. The predicted molar refractivity (Wildman–Crippen MR) is 175 cm³/mol. The zero-order valence-corrected chi connectivity index (χ0v) is 34.0. The Morgan fingerprint density at radius 3 is 1.43 bits per heavy atom. The van der Waals surface area contributed by atoms with Crippen molar-refractivity contribution >= 4 is 39.0 Å². The van der Waals surface area contributed by atoms with Crippen molar-refractivity contribution in [2.45, 2.75) is 51.4 Å². The van der Waals surface area contributed by atoms with Gasteiger partial charge in [-0.3, -0.25) is 19.3 Å². The van der Waals surface area contributed by atoms with Crippen LogP contribution in [0.25, 0.3) is 22.3 Å². The number of fused-ring (bicyclic) bond motifs is 10. The minimum Gasteiger partial charge on any atom is -0.496 e. The van der Waals surface area contributed by atoms with Crippen LogP contribution in [0.2, 0.25) is 0 Å². The van der Waals surface area contributed by atoms with Gasteiger partial charge < -0.3 is 28.4 Å². The van der Waals surface area contributed by atoms with Crippen LogP contribution in [0.1, 0.15) is 68.7 Å². The van der Waals surface area contributed by atoms with Gasteiger partial charge in [-0.05, 0) is 101 Å². The molecule has 51 heavy (non-hydrogen) atoms. The molecule has 1 aliphatic heterocycles. The van der Waals surface area contributed by atoms with E-state index in [2.05, 4.69) is 38.1 Å². The fraction of sp³-hybridized carbons (Fsp3) is 0.324. The maximum atomic E-state index is 13.8. The van der Waals surface area contributed by atoms with E-state index in [9.17, 15) is 14.4 Å². The van der Waals surface area contributed by atoms with Crippen molar-refractivity contribution in [2.24, 2.45) is 0 Å². The summed E-state index contributed by atoms with van der Waals surface area (Å²) in [6.07, 6.45) is 4.17. The van der Waals surface area contributed by atoms with Crippen LogP contribution in [0.5, 0.6) is 11.5 Å². The van der Waals surface area contributed by atoms with Gasteiger partial charge in [-0.15, -0.1) is 38.1 Å². The molecule has 17 heteroatoms. The summed E-state index contributed by atoms with van der Waals surface area (Å²) in [4.78, 5) is 40.0. The average Bonchev–Trinajstić information content (AvgIpc) is 3.30. The minimum atomic E-state index is -3.11. The maximum absolute atomic E-state index is 13.8. The second kappa shape index (κ2) is 20.4. The smallest absolute Gasteiger partial charge is 0.496 e. The van der Waals surface area contributed by atoms with Crippen LogP contribution >= 0.6 is 0 Å². The third-order valence-electron chi connectivity index (χ3n) is 8.20. The van der Waals surface area contributed by atoms with E-state index in [1.54, 1.807) is 0 Å². The Hall–Kier alpha value is -2.89. The summed E-state index contributed by atoms with van der Waals surface area (Å²) in [6, 6.07) is 12.2. The number of hydrogen-bond acceptors (Lipinski definition) is 11. The van der Waals surface area contributed by atoms with Gasteiger partial charge in [0.05, 0.1) is 24.3 Å². The van der Waals surface area contributed by atoms with Crippen molar-refractivity contribution in [3.63, 3.8) is 0 Å². The molecular weight excluding hydrogens is 724 g/mol. The number of ether oxygens (including phenoxy) is 2. The van der Waals surface area contributed by atoms with E-state index in [4.69, 9.17) is 39.8 Å². The number of rotatable bonds is 10. The van der Waals surface area contributed by atoms with Crippen molar-refractivity contribution in [1.82, 2.24) is 4.90 Å². The molecule has 2 aliphatic carbocycles. The standard InChI is InChI=1S/C34H33NO6.2Na.2O3S/c1-3-16-40-22-9-13-24-20(18-22)7-11-26-29(24)30-25-14-10-23(41-17-4-2)19-21(25)8-12-27(30)32-31(26)33(38)35(34(32)39)15-5-6-28(36)37;;;2*1-4(2)3/h9-10,13-14,18-19H,1-8,11-12,15-17H2,(H,36,37);;;;/q-2;2*+1;;. The van der Waals surface area contributed by atoms with Crippen molar-refractivity contribution in [3.8, 4) is 33.8 Å². The molecule has 0 saturated heterocycles. The second-order valence-electron chi connectivity index (χ2n) is 11.2. The van der Waals surface area contributed by atoms with Gasteiger partial charge in [0.1, 0.15) is 11.5 Å². The topological polar surface area (TPSA) is 196 Å². The fourth-order valence-corrected chi connectivity index (χ4v) is 6.49. The van der Waals surface area contributed by atoms with Crippen LogP contribution in [0.3, 0.4) is 0 Å². The molecular formula is C34H33NNa2O12S2. The Labute approximate surface area is 342 Å². The first-order valence-corrected chi connectivity index (χ1v) is 17.3. The zero-order valence-electron chi connectivity index (χ0n) is 28.4. The van der Waals surface area contributed by atoms with Crippen LogP contribution in [0.4, 0.5) is 0 Å². The largest absolute Gasteiger partial charge is 1.00 e. The molecule has 2 amide bonds. The summed E-state index contributed by atoms with van der Waals surface area (Å²) in [5.74, 6) is 0.0392. The van der Waals surface area contributed by atoms with Gasteiger partial charge in [-0.2, -0.15) is 0 Å². The Kier molecular flexibility index (Phi) is 17.7. The number of hydrogen-bond donors (Lipinski definition) is 1. The summed E-state index contributed by atoms with van der Waals surface area (Å²) in [5.41, 5.74) is 9.27. The van der Waals surface area contributed by atoms with Crippen molar-refractivity contribution in [2.75, 3.05) is 19.8 Å². The first kappa shape index (κ1) is 44.3. The third kappa shape index (κ3) is 10.6. The number of carboxylic acid groups (broad SMARTS) is 1. The van der Waals surface area contributed by atoms with Crippen LogP contribution in [-0.4, -0.2) is 72.8 Å². The van der Waals surface area contributed by atoms with E-state index in [-0.39, 0.29) is 90.3 Å². The average molecular weight is 758 g/mol. The molecule has 3 aliphatic rings. The molecule has 0 atom stereocenters. The number of benzene rings is 3. The number of carbonyl (C=O) groups is 3. The molecule has 6 rings (SSSR count). The van der Waals surface area contributed by atoms with E-state index >= 15 is 0 Å². The number of aryl methyl sites for hydroxylation is 2. The molecule has 0 unspecified atom stereocenters. The van der Waals surface area contributed by atoms with Crippen molar-refractivity contribution in [1.29, 1.82) is 0 Å². The molecule has 13 nitrogen and oxygen atoms in total. The summed E-state index contributed by atoms with van der Waals surface area (Å²) in [7, 11) is -6.22. The summed E-state index contributed by atoms with van der Waals surface area (Å²) in [5, 5.41) is 9.12. The molecule has 1 heterocycles. The molecule has 0 saturated carbocycles. The monoisotopic (exact) mass is 757 g/mol. The summed E-state index contributed by atoms with van der Waals surface area (Å²) < 4.78 is 62.4. The Morgan fingerprint density at radius 2 is 1.08 bits per heavy atom. The fourth-order valence-electron chi connectivity index (χ4n) is 6.49. The predicted octanol–water partition coefficient (Wildman–Crippen LogP) is -2.12. The van der Waals surface area contributed by atoms with Gasteiger partial charge in [-0.1, -0.05) is 12.1 Å². The van der Waals surface area contributed by atoms with E-state index in [1.165, 1.54) is 4.90 Å². The Bertz CT molecular complexity index is 1890. The number of carboxylic acids is 1. The molecule has 0 bridgehead atoms. The molecule has 3 aromatic rings. The van der Waals surface area contributed by atoms with E-state index < -0.39 is 27.2 Å². The molecule has 0 radical (unpaired) electrons. The zero-order chi connectivity index (χ0) is 35.8. The van der Waals surface area contributed by atoms with E-state index in [0.29, 0.717) is 50.0 Å². The minimum absolute atomic E-state index is 0. The number of aliphatic carboxylic acids is 1. The summed E-state index contributed by atoms with van der Waals surface area (Å²) in [6.45, 7) is 8.89. The number of imide groups is 1. The quantitative estimate of drug-likeness (QED) is 0.135.